The first-order chi connectivity index (χ1) is 15.2. The van der Waals surface area contributed by atoms with Crippen molar-refractivity contribution in [1.82, 2.24) is 20.2 Å². The van der Waals surface area contributed by atoms with Gasteiger partial charge in [0.05, 0.1) is 33.3 Å². The van der Waals surface area contributed by atoms with Crippen LogP contribution < -0.4 is 14.5 Å². The molecule has 1 fully saturated rings. The molecule has 0 unspecified atom stereocenters. The fourth-order valence-corrected chi connectivity index (χ4v) is 4.58. The summed E-state index contributed by atoms with van der Waals surface area (Å²) in [6, 6.07) is 19.2. The summed E-state index contributed by atoms with van der Waals surface area (Å²) in [6.07, 6.45) is 0.935. The molecule has 31 heavy (non-hydrogen) atoms. The third kappa shape index (κ3) is 5.05. The molecule has 0 spiro atoms. The predicted octanol–water partition coefficient (Wildman–Crippen LogP) is 2.03. The van der Waals surface area contributed by atoms with Crippen molar-refractivity contribution in [2.45, 2.75) is 32.9 Å². The number of benzene rings is 2. The maximum Gasteiger partial charge on any atom is 0.209 e. The van der Waals surface area contributed by atoms with Gasteiger partial charge in [-0.3, -0.25) is 0 Å². The number of rotatable bonds is 8. The Kier molecular flexibility index (Phi) is 6.82. The Bertz CT molecular complexity index is 932. The highest BCUT2D eigenvalue weighted by atomic mass is 16.5. The van der Waals surface area contributed by atoms with E-state index < -0.39 is 0 Å². The molecular formula is C24H33N6O+. The van der Waals surface area contributed by atoms with Crippen LogP contribution in [0.5, 0.6) is 5.75 Å². The van der Waals surface area contributed by atoms with Gasteiger partial charge in [-0.1, -0.05) is 44.2 Å². The van der Waals surface area contributed by atoms with Gasteiger partial charge in [-0.25, -0.2) is 4.68 Å². The molecule has 1 N–H and O–H groups in total. The van der Waals surface area contributed by atoms with Gasteiger partial charge in [0.1, 0.15) is 5.75 Å². The molecular weight excluding hydrogens is 388 g/mol. The number of ether oxygens (including phenoxy) is 1. The molecule has 0 aliphatic carbocycles. The number of hydrogen-bond acceptors (Lipinski definition) is 5. The van der Waals surface area contributed by atoms with Crippen LogP contribution in [-0.4, -0.2) is 53.5 Å². The van der Waals surface area contributed by atoms with Crippen LogP contribution >= 0.6 is 0 Å². The number of aromatic nitrogens is 4. The summed E-state index contributed by atoms with van der Waals surface area (Å²) < 4.78 is 7.30. The van der Waals surface area contributed by atoms with E-state index in [1.807, 2.05) is 16.8 Å². The molecule has 0 bridgehead atoms. The molecule has 1 saturated heterocycles. The number of nitrogens with zero attached hydrogens (tertiary/aromatic N) is 5. The number of quaternary nitrogens is 1. The second-order valence-electron chi connectivity index (χ2n) is 8.56. The molecule has 2 heterocycles. The average Bonchev–Trinajstić information content (AvgIpc) is 3.27. The van der Waals surface area contributed by atoms with Gasteiger partial charge in [0.2, 0.25) is 5.82 Å². The molecule has 0 amide bonds. The number of nitrogens with one attached hydrogen (secondary N) is 1. The van der Waals surface area contributed by atoms with E-state index in [-0.39, 0.29) is 0 Å². The van der Waals surface area contributed by atoms with Crippen LogP contribution in [0, 0.1) is 5.92 Å². The first-order valence-electron chi connectivity index (χ1n) is 11.2. The van der Waals surface area contributed by atoms with E-state index in [4.69, 9.17) is 4.74 Å². The van der Waals surface area contributed by atoms with Crippen LogP contribution in [0.2, 0.25) is 0 Å². The van der Waals surface area contributed by atoms with E-state index >= 15 is 0 Å². The SMILES string of the molecule is COc1ccc(N2CC[NH+]([C@@H](c3nnnn3CCc3ccccc3)C(C)C)CC2)cc1. The molecule has 2 aromatic carbocycles. The Labute approximate surface area is 184 Å². The van der Waals surface area contributed by atoms with Crippen molar-refractivity contribution >= 4 is 5.69 Å². The third-order valence-electron chi connectivity index (χ3n) is 6.24. The topological polar surface area (TPSA) is 60.5 Å². The van der Waals surface area contributed by atoms with E-state index in [1.54, 1.807) is 12.0 Å². The molecule has 1 aliphatic heterocycles. The van der Waals surface area contributed by atoms with Crippen LogP contribution in [0.3, 0.4) is 0 Å². The van der Waals surface area contributed by atoms with Gasteiger partial charge in [0, 0.05) is 18.2 Å². The normalized spacial score (nSPS) is 15.9. The van der Waals surface area contributed by atoms with Gasteiger partial charge in [-0.05, 0) is 46.7 Å². The molecule has 1 atom stereocenters. The van der Waals surface area contributed by atoms with Gasteiger partial charge < -0.3 is 14.5 Å². The Balaban J connectivity index is 1.42. The van der Waals surface area contributed by atoms with Crippen molar-refractivity contribution in [3.8, 4) is 5.75 Å². The van der Waals surface area contributed by atoms with Crippen LogP contribution in [0.4, 0.5) is 5.69 Å². The van der Waals surface area contributed by atoms with E-state index in [0.29, 0.717) is 12.0 Å². The van der Waals surface area contributed by atoms with E-state index in [1.165, 1.54) is 11.3 Å². The lowest BCUT2D eigenvalue weighted by molar-refractivity contribution is -0.937. The zero-order valence-electron chi connectivity index (χ0n) is 18.7. The molecule has 1 aliphatic rings. The number of tetrazole rings is 1. The Morgan fingerprint density at radius 1 is 1.00 bits per heavy atom. The standard InChI is InChI=1S/C24H32N6O/c1-19(2)23(24-25-26-27-30(24)14-13-20-7-5-4-6-8-20)29-17-15-28(16-18-29)21-9-11-22(31-3)12-10-21/h4-12,19,23H,13-18H2,1-3H3/p+1/t23-/m1/s1. The molecule has 7 nitrogen and oxygen atoms in total. The summed E-state index contributed by atoms with van der Waals surface area (Å²) in [6.45, 7) is 9.56. The fraction of sp³-hybridized carbons (Fsp3) is 0.458. The number of hydrogen-bond donors (Lipinski definition) is 1. The lowest BCUT2D eigenvalue weighted by atomic mass is 10.0. The van der Waals surface area contributed by atoms with Gasteiger partial charge >= 0.3 is 0 Å². The van der Waals surface area contributed by atoms with E-state index in [9.17, 15) is 0 Å². The summed E-state index contributed by atoms with van der Waals surface area (Å²) in [5.41, 5.74) is 2.57. The van der Waals surface area contributed by atoms with Crippen LogP contribution in [0.1, 0.15) is 31.3 Å². The summed E-state index contributed by atoms with van der Waals surface area (Å²) in [5, 5.41) is 12.8. The number of methoxy groups -OCH3 is 1. The molecule has 4 rings (SSSR count). The Morgan fingerprint density at radius 2 is 1.71 bits per heavy atom. The first-order valence-corrected chi connectivity index (χ1v) is 11.2. The number of piperazine rings is 1. The zero-order chi connectivity index (χ0) is 21.6. The lowest BCUT2D eigenvalue weighted by Gasteiger charge is -2.38. The maximum atomic E-state index is 5.29. The van der Waals surface area contributed by atoms with Crippen LogP contribution in [-0.2, 0) is 13.0 Å². The highest BCUT2D eigenvalue weighted by molar-refractivity contribution is 5.49. The number of anilines is 1. The van der Waals surface area contributed by atoms with E-state index in [2.05, 4.69) is 76.7 Å². The van der Waals surface area contributed by atoms with E-state index in [0.717, 1.165) is 50.7 Å². The van der Waals surface area contributed by atoms with Gasteiger partial charge in [0.15, 0.2) is 6.04 Å². The first kappa shape index (κ1) is 21.3. The zero-order valence-corrected chi connectivity index (χ0v) is 18.7. The Morgan fingerprint density at radius 3 is 2.35 bits per heavy atom. The Hall–Kier alpha value is -2.93. The minimum absolute atomic E-state index is 0.295. The predicted molar refractivity (Wildman–Crippen MR) is 121 cm³/mol. The summed E-state index contributed by atoms with van der Waals surface area (Å²) in [5.74, 6) is 2.37. The molecule has 0 saturated carbocycles. The molecule has 1 aromatic heterocycles. The van der Waals surface area contributed by atoms with Crippen molar-refractivity contribution in [3.63, 3.8) is 0 Å². The van der Waals surface area contributed by atoms with Crippen LogP contribution in [0.15, 0.2) is 54.6 Å². The van der Waals surface area contributed by atoms with Crippen molar-refractivity contribution in [2.75, 3.05) is 38.2 Å². The quantitative estimate of drug-likeness (QED) is 0.603. The third-order valence-corrected chi connectivity index (χ3v) is 6.24. The highest BCUT2D eigenvalue weighted by Crippen LogP contribution is 2.21. The minimum Gasteiger partial charge on any atom is -0.497 e. The smallest absolute Gasteiger partial charge is 0.209 e. The minimum atomic E-state index is 0.295. The van der Waals surface area contributed by atoms with Crippen molar-refractivity contribution in [1.29, 1.82) is 0 Å². The van der Waals surface area contributed by atoms with Crippen molar-refractivity contribution in [2.24, 2.45) is 5.92 Å². The molecule has 0 radical (unpaired) electrons. The largest absolute Gasteiger partial charge is 0.497 e. The lowest BCUT2D eigenvalue weighted by Crippen LogP contribution is -3.15. The highest BCUT2D eigenvalue weighted by Gasteiger charge is 2.35. The summed E-state index contributed by atoms with van der Waals surface area (Å²) in [7, 11) is 1.71. The van der Waals surface area contributed by atoms with Crippen LogP contribution in [0.25, 0.3) is 0 Å². The van der Waals surface area contributed by atoms with Gasteiger partial charge in [0.25, 0.3) is 0 Å². The molecule has 7 heteroatoms. The molecule has 3 aromatic rings. The van der Waals surface area contributed by atoms with Gasteiger partial charge in [-0.2, -0.15) is 0 Å². The van der Waals surface area contributed by atoms with Crippen molar-refractivity contribution < 1.29 is 9.64 Å². The monoisotopic (exact) mass is 421 g/mol. The van der Waals surface area contributed by atoms with Gasteiger partial charge in [-0.15, -0.1) is 5.10 Å². The second-order valence-corrected chi connectivity index (χ2v) is 8.56. The fourth-order valence-electron chi connectivity index (χ4n) is 4.58. The second kappa shape index (κ2) is 9.92. The average molecular weight is 422 g/mol. The summed E-state index contributed by atoms with van der Waals surface area (Å²) >= 11 is 0. The maximum absolute atomic E-state index is 5.29. The molecule has 164 valence electrons. The van der Waals surface area contributed by atoms with Crippen molar-refractivity contribution in [3.05, 3.63) is 66.0 Å². The summed E-state index contributed by atoms with van der Waals surface area (Å²) in [4.78, 5) is 4.02. The number of aryl methyl sites for hydroxylation is 2.